The lowest BCUT2D eigenvalue weighted by molar-refractivity contribution is -0.0795. The lowest BCUT2D eigenvalue weighted by Gasteiger charge is -2.42. The molecule has 0 saturated heterocycles. The van der Waals surface area contributed by atoms with Crippen molar-refractivity contribution in [2.24, 2.45) is 0 Å². The summed E-state index contributed by atoms with van der Waals surface area (Å²) in [6, 6.07) is 9.69. The molecule has 1 heterocycles. The first-order valence-corrected chi connectivity index (χ1v) is 29.7. The van der Waals surface area contributed by atoms with Crippen LogP contribution in [0.4, 0.5) is 0 Å². The fourth-order valence-electron chi connectivity index (χ4n) is 4.62. The standard InChI is InChI=1S/C39H68O7Si4/c1-36(2,3)47(13,14)43-26-21-22-28(44-48(15,16)37(4,5)6)27(25-26)31-32-29(45-49(17,18)38(7,8)9)23-24-30(33(32)35(41)42-34(31)40)46-50(19,20)39(10,11)12/h21-25,31,34,40H,1-20H3. The van der Waals surface area contributed by atoms with Crippen LogP contribution in [0.2, 0.25) is 72.5 Å². The number of hydrogen-bond acceptors (Lipinski definition) is 7. The number of rotatable bonds is 9. The molecule has 0 radical (unpaired) electrons. The fraction of sp³-hybridized carbons (Fsp3) is 0.667. The smallest absolute Gasteiger partial charge is 0.344 e. The summed E-state index contributed by atoms with van der Waals surface area (Å²) < 4.78 is 33.6. The largest absolute Gasteiger partial charge is 0.543 e. The molecule has 2 atom stereocenters. The molecule has 0 aromatic heterocycles. The van der Waals surface area contributed by atoms with E-state index in [2.05, 4.69) is 135 Å². The van der Waals surface area contributed by atoms with E-state index in [0.29, 0.717) is 39.7 Å². The summed E-state index contributed by atoms with van der Waals surface area (Å²) in [5, 5.41) is 11.6. The average Bonchev–Trinajstić information content (AvgIpc) is 2.88. The van der Waals surface area contributed by atoms with Gasteiger partial charge in [0.1, 0.15) is 28.6 Å². The van der Waals surface area contributed by atoms with Crippen LogP contribution in [-0.4, -0.2) is 50.6 Å². The first-order chi connectivity index (χ1) is 22.1. The predicted octanol–water partition coefficient (Wildman–Crippen LogP) is 11.8. The van der Waals surface area contributed by atoms with Crippen LogP contribution in [0.1, 0.15) is 110 Å². The Balaban J connectivity index is 2.47. The van der Waals surface area contributed by atoms with Gasteiger partial charge in [-0.25, -0.2) is 4.79 Å². The summed E-state index contributed by atoms with van der Waals surface area (Å²) in [6.07, 6.45) is -1.50. The summed E-state index contributed by atoms with van der Waals surface area (Å²) in [5.41, 5.74) is 1.56. The summed E-state index contributed by atoms with van der Waals surface area (Å²) in [6.45, 7) is 43.9. The minimum atomic E-state index is -2.42. The van der Waals surface area contributed by atoms with E-state index in [1.165, 1.54) is 0 Å². The third kappa shape index (κ3) is 8.59. The summed E-state index contributed by atoms with van der Waals surface area (Å²) in [5.74, 6) is 0.897. The van der Waals surface area contributed by atoms with Gasteiger partial charge in [-0.2, -0.15) is 0 Å². The maximum Gasteiger partial charge on any atom is 0.344 e. The Morgan fingerprint density at radius 2 is 0.920 bits per heavy atom. The lowest BCUT2D eigenvalue weighted by Crippen LogP contribution is -2.46. The Kier molecular flexibility index (Phi) is 11.4. The van der Waals surface area contributed by atoms with Gasteiger partial charge in [-0.15, -0.1) is 0 Å². The Morgan fingerprint density at radius 3 is 1.36 bits per heavy atom. The second-order valence-corrected chi connectivity index (χ2v) is 39.2. The Hall–Kier alpha value is -2.06. The van der Waals surface area contributed by atoms with Crippen molar-refractivity contribution >= 4 is 39.2 Å². The minimum absolute atomic E-state index is 0.0316. The topological polar surface area (TPSA) is 83.5 Å². The quantitative estimate of drug-likeness (QED) is 0.201. The number of esters is 1. The molecule has 0 fully saturated rings. The van der Waals surface area contributed by atoms with Crippen LogP contribution < -0.4 is 17.7 Å². The number of aliphatic hydroxyl groups excluding tert-OH is 1. The maximum atomic E-state index is 14.0. The van der Waals surface area contributed by atoms with E-state index in [-0.39, 0.29) is 20.2 Å². The second-order valence-electron chi connectivity index (χ2n) is 20.3. The van der Waals surface area contributed by atoms with Crippen molar-refractivity contribution in [3.05, 3.63) is 47.0 Å². The maximum absolute atomic E-state index is 14.0. The normalized spacial score (nSPS) is 18.3. The van der Waals surface area contributed by atoms with Crippen molar-refractivity contribution in [3.63, 3.8) is 0 Å². The molecule has 2 aromatic carbocycles. The summed E-state index contributed by atoms with van der Waals surface area (Å²) in [7, 11) is -9.44. The molecule has 2 aromatic rings. The van der Waals surface area contributed by atoms with Crippen molar-refractivity contribution in [2.45, 2.75) is 168 Å². The average molecular weight is 761 g/mol. The highest BCUT2D eigenvalue weighted by atomic mass is 28.4. The molecule has 0 bridgehead atoms. The molecule has 0 amide bonds. The zero-order valence-electron chi connectivity index (χ0n) is 34.9. The van der Waals surface area contributed by atoms with Gasteiger partial charge >= 0.3 is 5.97 Å². The molecule has 1 aliphatic heterocycles. The molecule has 3 rings (SSSR count). The molecule has 0 saturated carbocycles. The molecule has 1 N–H and O–H groups in total. The summed E-state index contributed by atoms with van der Waals surface area (Å²) in [4.78, 5) is 14.0. The number of carbonyl (C=O) groups excluding carboxylic acids is 1. The number of carbonyl (C=O) groups is 1. The zero-order chi connectivity index (χ0) is 38.8. The van der Waals surface area contributed by atoms with Gasteiger partial charge in [0.15, 0.2) is 0 Å². The number of ether oxygens (including phenoxy) is 1. The van der Waals surface area contributed by atoms with Gasteiger partial charge in [0.2, 0.25) is 31.2 Å². The number of fused-ring (bicyclic) bond motifs is 1. The van der Waals surface area contributed by atoms with Crippen LogP contribution in [0.15, 0.2) is 30.3 Å². The lowest BCUT2D eigenvalue weighted by atomic mass is 9.84. The van der Waals surface area contributed by atoms with Gasteiger partial charge in [-0.3, -0.25) is 0 Å². The number of cyclic esters (lactones) is 1. The molecule has 1 aliphatic rings. The third-order valence-electron chi connectivity index (χ3n) is 12.2. The zero-order valence-corrected chi connectivity index (χ0v) is 38.9. The van der Waals surface area contributed by atoms with Crippen molar-refractivity contribution in [3.8, 4) is 23.0 Å². The van der Waals surface area contributed by atoms with E-state index in [1.807, 2.05) is 30.3 Å². The van der Waals surface area contributed by atoms with E-state index in [4.69, 9.17) is 22.4 Å². The molecule has 0 spiro atoms. The van der Waals surface area contributed by atoms with Crippen LogP contribution in [0, 0.1) is 0 Å². The van der Waals surface area contributed by atoms with Crippen LogP contribution in [0.25, 0.3) is 0 Å². The SMILES string of the molecule is CC(C)(C)[Si](C)(C)Oc1ccc(O[Si](C)(C)C(C)(C)C)c(C2c3c(O[Si](C)(C)C(C)(C)C)ccc(O[Si](C)(C)C(C)(C)C)c3C(=O)OC2O)c1. The highest BCUT2D eigenvalue weighted by Gasteiger charge is 2.48. The van der Waals surface area contributed by atoms with E-state index in [1.54, 1.807) is 0 Å². The Labute approximate surface area is 308 Å². The first-order valence-electron chi connectivity index (χ1n) is 18.1. The van der Waals surface area contributed by atoms with Gasteiger partial charge in [0.05, 0.1) is 5.92 Å². The predicted molar refractivity (Wildman–Crippen MR) is 217 cm³/mol. The molecule has 0 aliphatic carbocycles. The van der Waals surface area contributed by atoms with Crippen molar-refractivity contribution in [2.75, 3.05) is 0 Å². The van der Waals surface area contributed by atoms with Gasteiger partial charge in [-0.1, -0.05) is 83.1 Å². The molecule has 11 heteroatoms. The van der Waals surface area contributed by atoms with Crippen molar-refractivity contribution < 1.29 is 32.3 Å². The van der Waals surface area contributed by atoms with Crippen LogP contribution in [0.3, 0.4) is 0 Å². The van der Waals surface area contributed by atoms with E-state index in [0.717, 1.165) is 0 Å². The van der Waals surface area contributed by atoms with Gasteiger partial charge in [0.25, 0.3) is 8.32 Å². The third-order valence-corrected chi connectivity index (χ3v) is 29.6. The van der Waals surface area contributed by atoms with Crippen molar-refractivity contribution in [1.82, 2.24) is 0 Å². The Morgan fingerprint density at radius 1 is 0.560 bits per heavy atom. The number of aliphatic hydroxyl groups is 1. The van der Waals surface area contributed by atoms with Crippen molar-refractivity contribution in [1.29, 1.82) is 0 Å². The Bertz CT molecular complexity index is 1570. The first kappa shape index (κ1) is 42.4. The van der Waals surface area contributed by atoms with Crippen LogP contribution in [0.5, 0.6) is 23.0 Å². The van der Waals surface area contributed by atoms with E-state index in [9.17, 15) is 9.90 Å². The second kappa shape index (κ2) is 13.4. The van der Waals surface area contributed by atoms with Crippen LogP contribution in [-0.2, 0) is 4.74 Å². The highest BCUT2D eigenvalue weighted by Crippen LogP contribution is 2.52. The molecule has 7 nitrogen and oxygen atoms in total. The number of hydrogen-bond donors (Lipinski definition) is 1. The van der Waals surface area contributed by atoms with Crippen LogP contribution >= 0.6 is 0 Å². The van der Waals surface area contributed by atoms with E-state index >= 15 is 0 Å². The van der Waals surface area contributed by atoms with Gasteiger partial charge < -0.3 is 27.5 Å². The molecule has 282 valence electrons. The van der Waals surface area contributed by atoms with Gasteiger partial charge in [0, 0.05) is 11.1 Å². The molecule has 2 unspecified atom stereocenters. The fourth-order valence-corrected chi connectivity index (χ4v) is 8.74. The van der Waals surface area contributed by atoms with E-state index < -0.39 is 51.4 Å². The molecular formula is C39H68O7Si4. The minimum Gasteiger partial charge on any atom is -0.543 e. The monoisotopic (exact) mass is 760 g/mol. The highest BCUT2D eigenvalue weighted by molar-refractivity contribution is 6.76. The van der Waals surface area contributed by atoms with Gasteiger partial charge in [-0.05, 0) is 103 Å². The summed E-state index contributed by atoms with van der Waals surface area (Å²) >= 11 is 0. The molecular weight excluding hydrogens is 693 g/mol. The number of benzene rings is 2. The molecule has 50 heavy (non-hydrogen) atoms.